The van der Waals surface area contributed by atoms with Crippen LogP contribution in [0.3, 0.4) is 0 Å². The first kappa shape index (κ1) is 14.6. The van der Waals surface area contributed by atoms with Crippen molar-refractivity contribution in [2.45, 2.75) is 25.4 Å². The van der Waals surface area contributed by atoms with Gasteiger partial charge in [-0.2, -0.15) is 0 Å². The topological polar surface area (TPSA) is 72.7 Å². The Kier molecular flexibility index (Phi) is 3.78. The minimum atomic E-state index is 0.0158. The molecule has 1 aliphatic carbocycles. The molecule has 0 bridgehead atoms. The quantitative estimate of drug-likeness (QED) is 0.707. The maximum absolute atomic E-state index is 12.5. The van der Waals surface area contributed by atoms with E-state index in [4.69, 9.17) is 0 Å². The number of anilines is 1. The van der Waals surface area contributed by atoms with Crippen LogP contribution in [0.1, 0.15) is 40.6 Å². The van der Waals surface area contributed by atoms with Gasteiger partial charge >= 0.3 is 0 Å². The predicted octanol–water partition coefficient (Wildman–Crippen LogP) is 2.85. The largest absolute Gasteiger partial charge is 0.378 e. The van der Waals surface area contributed by atoms with E-state index in [0.29, 0.717) is 23.7 Å². The summed E-state index contributed by atoms with van der Waals surface area (Å²) in [5.74, 6) is 0.833. The summed E-state index contributed by atoms with van der Waals surface area (Å²) in [5, 5.41) is 15.2. The number of ketones is 1. The molecule has 6 nitrogen and oxygen atoms in total. The third kappa shape index (κ3) is 3.03. The molecule has 1 heterocycles. The molecule has 1 saturated carbocycles. The van der Waals surface area contributed by atoms with E-state index in [9.17, 15) is 4.79 Å². The fourth-order valence-corrected chi connectivity index (χ4v) is 2.64. The van der Waals surface area contributed by atoms with Crippen LogP contribution < -0.4 is 5.32 Å². The molecule has 0 atom stereocenters. The number of nitrogens with zero attached hydrogens (tertiary/aromatic N) is 4. The van der Waals surface area contributed by atoms with Crippen LogP contribution in [0, 0.1) is 0 Å². The number of nitrogens with one attached hydrogen (secondary N) is 1. The van der Waals surface area contributed by atoms with E-state index >= 15 is 0 Å². The Morgan fingerprint density at radius 1 is 1.08 bits per heavy atom. The third-order valence-corrected chi connectivity index (χ3v) is 4.07. The molecule has 1 aliphatic rings. The van der Waals surface area contributed by atoms with Gasteiger partial charge in [0.1, 0.15) is 0 Å². The average Bonchev–Trinajstić information content (AvgIpc) is 3.38. The van der Waals surface area contributed by atoms with E-state index in [1.165, 1.54) is 0 Å². The van der Waals surface area contributed by atoms with Gasteiger partial charge in [0.05, 0.1) is 12.6 Å². The van der Waals surface area contributed by atoms with Gasteiger partial charge in [0.15, 0.2) is 11.6 Å². The fraction of sp³-hybridized carbons (Fsp3) is 0.222. The number of carbonyl (C=O) groups is 1. The highest BCUT2D eigenvalue weighted by Gasteiger charge is 2.27. The first-order valence-corrected chi connectivity index (χ1v) is 8.02. The zero-order valence-electron chi connectivity index (χ0n) is 13.1. The Labute approximate surface area is 139 Å². The van der Waals surface area contributed by atoms with E-state index in [1.54, 1.807) is 0 Å². The van der Waals surface area contributed by atoms with Crippen LogP contribution in [0.2, 0.25) is 0 Å². The standard InChI is InChI=1S/C18H17N5O/c24-18(13-5-2-1-3-6-13)14-7-4-8-15(11-14)19-12-17-20-21-22-23(17)16-9-10-16/h1-8,11,16,19H,9-10,12H2. The molecule has 1 fully saturated rings. The smallest absolute Gasteiger partial charge is 0.193 e. The number of rotatable bonds is 6. The highest BCUT2D eigenvalue weighted by molar-refractivity contribution is 6.09. The van der Waals surface area contributed by atoms with E-state index in [0.717, 1.165) is 24.4 Å². The Morgan fingerprint density at radius 2 is 1.88 bits per heavy atom. The van der Waals surface area contributed by atoms with Gasteiger partial charge in [-0.05, 0) is 35.4 Å². The molecule has 0 spiro atoms. The molecule has 1 aromatic heterocycles. The van der Waals surface area contributed by atoms with Gasteiger partial charge in [-0.25, -0.2) is 4.68 Å². The molecule has 0 unspecified atom stereocenters. The predicted molar refractivity (Wildman–Crippen MR) is 89.7 cm³/mol. The highest BCUT2D eigenvalue weighted by atomic mass is 16.1. The molecule has 24 heavy (non-hydrogen) atoms. The molecular weight excluding hydrogens is 302 g/mol. The lowest BCUT2D eigenvalue weighted by Crippen LogP contribution is -2.09. The zero-order valence-corrected chi connectivity index (χ0v) is 13.1. The highest BCUT2D eigenvalue weighted by Crippen LogP contribution is 2.34. The van der Waals surface area contributed by atoms with Crippen LogP contribution in [-0.2, 0) is 6.54 Å². The van der Waals surface area contributed by atoms with Gasteiger partial charge in [0.25, 0.3) is 0 Å². The summed E-state index contributed by atoms with van der Waals surface area (Å²) in [4.78, 5) is 12.5. The normalized spacial score (nSPS) is 13.7. The first-order valence-electron chi connectivity index (χ1n) is 8.02. The number of benzene rings is 2. The Hall–Kier alpha value is -3.02. The molecule has 0 saturated heterocycles. The van der Waals surface area contributed by atoms with Crippen molar-refractivity contribution in [2.75, 3.05) is 5.32 Å². The van der Waals surface area contributed by atoms with Crippen molar-refractivity contribution in [1.29, 1.82) is 0 Å². The number of hydrogen-bond donors (Lipinski definition) is 1. The minimum Gasteiger partial charge on any atom is -0.378 e. The summed E-state index contributed by atoms with van der Waals surface area (Å²) in [6.07, 6.45) is 2.28. The average molecular weight is 319 g/mol. The summed E-state index contributed by atoms with van der Waals surface area (Å²) >= 11 is 0. The molecule has 120 valence electrons. The van der Waals surface area contributed by atoms with Crippen LogP contribution in [0.4, 0.5) is 5.69 Å². The van der Waals surface area contributed by atoms with E-state index in [-0.39, 0.29) is 5.78 Å². The van der Waals surface area contributed by atoms with Crippen molar-refractivity contribution in [1.82, 2.24) is 20.2 Å². The molecule has 3 aromatic rings. The lowest BCUT2D eigenvalue weighted by atomic mass is 10.0. The second-order valence-corrected chi connectivity index (χ2v) is 5.90. The molecule has 0 radical (unpaired) electrons. The van der Waals surface area contributed by atoms with Crippen molar-refractivity contribution in [2.24, 2.45) is 0 Å². The molecule has 4 rings (SSSR count). The monoisotopic (exact) mass is 319 g/mol. The van der Waals surface area contributed by atoms with Crippen molar-refractivity contribution in [3.8, 4) is 0 Å². The molecule has 0 aliphatic heterocycles. The van der Waals surface area contributed by atoms with E-state index < -0.39 is 0 Å². The van der Waals surface area contributed by atoms with E-state index in [2.05, 4.69) is 20.8 Å². The lowest BCUT2D eigenvalue weighted by molar-refractivity contribution is 0.103. The molecule has 0 amide bonds. The van der Waals surface area contributed by atoms with Gasteiger partial charge in [-0.15, -0.1) is 5.10 Å². The number of carbonyl (C=O) groups excluding carboxylic acids is 1. The van der Waals surface area contributed by atoms with Crippen LogP contribution in [0.25, 0.3) is 0 Å². The summed E-state index contributed by atoms with van der Waals surface area (Å²) in [6, 6.07) is 17.2. The van der Waals surface area contributed by atoms with Gasteiger partial charge in [0, 0.05) is 16.8 Å². The van der Waals surface area contributed by atoms with Crippen molar-refractivity contribution < 1.29 is 4.79 Å². The summed E-state index contributed by atoms with van der Waals surface area (Å²) in [7, 11) is 0. The number of tetrazole rings is 1. The Bertz CT molecular complexity index is 855. The lowest BCUT2D eigenvalue weighted by Gasteiger charge is -2.08. The zero-order chi connectivity index (χ0) is 16.4. The van der Waals surface area contributed by atoms with Crippen LogP contribution in [-0.4, -0.2) is 26.0 Å². The Morgan fingerprint density at radius 3 is 2.67 bits per heavy atom. The van der Waals surface area contributed by atoms with Gasteiger partial charge in [0.2, 0.25) is 0 Å². The maximum atomic E-state index is 12.5. The third-order valence-electron chi connectivity index (χ3n) is 4.07. The SMILES string of the molecule is O=C(c1ccccc1)c1cccc(NCc2nnnn2C2CC2)c1. The van der Waals surface area contributed by atoms with Gasteiger partial charge < -0.3 is 5.32 Å². The molecule has 6 heteroatoms. The van der Waals surface area contributed by atoms with Gasteiger partial charge in [-0.3, -0.25) is 4.79 Å². The second kappa shape index (κ2) is 6.23. The molecule has 1 N–H and O–H groups in total. The second-order valence-electron chi connectivity index (χ2n) is 5.90. The van der Waals surface area contributed by atoms with E-state index in [1.807, 2.05) is 59.3 Å². The number of aromatic nitrogens is 4. The summed E-state index contributed by atoms with van der Waals surface area (Å²) in [5.41, 5.74) is 2.22. The van der Waals surface area contributed by atoms with Crippen molar-refractivity contribution in [3.05, 3.63) is 71.5 Å². The summed E-state index contributed by atoms with van der Waals surface area (Å²) < 4.78 is 1.88. The van der Waals surface area contributed by atoms with Crippen LogP contribution in [0.5, 0.6) is 0 Å². The molecular formula is C18H17N5O. The fourth-order valence-electron chi connectivity index (χ4n) is 2.64. The van der Waals surface area contributed by atoms with Crippen molar-refractivity contribution in [3.63, 3.8) is 0 Å². The molecule has 2 aromatic carbocycles. The summed E-state index contributed by atoms with van der Waals surface area (Å²) in [6.45, 7) is 0.534. The van der Waals surface area contributed by atoms with Gasteiger partial charge in [-0.1, -0.05) is 42.5 Å². The maximum Gasteiger partial charge on any atom is 0.193 e. The van der Waals surface area contributed by atoms with Crippen molar-refractivity contribution >= 4 is 11.5 Å². The Balaban J connectivity index is 1.48. The first-order chi connectivity index (χ1) is 11.8. The van der Waals surface area contributed by atoms with Crippen LogP contribution >= 0.6 is 0 Å². The minimum absolute atomic E-state index is 0.0158. The van der Waals surface area contributed by atoms with Crippen LogP contribution in [0.15, 0.2) is 54.6 Å². The number of hydrogen-bond acceptors (Lipinski definition) is 5.